The highest BCUT2D eigenvalue weighted by Crippen LogP contribution is 2.31. The van der Waals surface area contributed by atoms with E-state index in [2.05, 4.69) is 4.98 Å². The second-order valence-corrected chi connectivity index (χ2v) is 6.81. The van der Waals surface area contributed by atoms with Gasteiger partial charge < -0.3 is 0 Å². The predicted molar refractivity (Wildman–Crippen MR) is 82.7 cm³/mol. The molecule has 1 aromatic heterocycles. The highest BCUT2D eigenvalue weighted by molar-refractivity contribution is 7.93. The van der Waals surface area contributed by atoms with Crippen molar-refractivity contribution in [3.63, 3.8) is 0 Å². The lowest BCUT2D eigenvalue weighted by molar-refractivity contribution is -0.387. The molecule has 2 rings (SSSR count). The van der Waals surface area contributed by atoms with Gasteiger partial charge in [0, 0.05) is 19.3 Å². The monoisotopic (exact) mass is 341 g/mol. The summed E-state index contributed by atoms with van der Waals surface area (Å²) in [7, 11) is -2.87. The minimum absolute atomic E-state index is 0.0108. The number of hydrogen-bond donors (Lipinski definition) is 0. The van der Waals surface area contributed by atoms with Gasteiger partial charge >= 0.3 is 0 Å². The second-order valence-electron chi connectivity index (χ2n) is 4.51. The van der Waals surface area contributed by atoms with Gasteiger partial charge in [-0.2, -0.15) is 0 Å². The molecule has 7 nitrogen and oxygen atoms in total. The van der Waals surface area contributed by atoms with E-state index in [1.165, 1.54) is 43.6 Å². The molecule has 0 unspecified atom stereocenters. The number of pyridine rings is 1. The van der Waals surface area contributed by atoms with E-state index in [4.69, 9.17) is 11.6 Å². The zero-order valence-corrected chi connectivity index (χ0v) is 13.3. The highest BCUT2D eigenvalue weighted by Gasteiger charge is 2.30. The molecule has 9 heteroatoms. The lowest BCUT2D eigenvalue weighted by Gasteiger charge is -2.20. The maximum Gasteiger partial charge on any atom is 0.290 e. The van der Waals surface area contributed by atoms with Crippen LogP contribution >= 0.6 is 11.6 Å². The summed E-state index contributed by atoms with van der Waals surface area (Å²) in [4.78, 5) is 13.8. The van der Waals surface area contributed by atoms with Crippen LogP contribution in [-0.2, 0) is 10.0 Å². The van der Waals surface area contributed by atoms with E-state index < -0.39 is 25.5 Å². The SMILES string of the molecule is Cc1ccc(S(=O)(=O)N(C)c2cccnc2Cl)c([N+](=O)[O-])c1. The van der Waals surface area contributed by atoms with Crippen molar-refractivity contribution in [2.24, 2.45) is 0 Å². The van der Waals surface area contributed by atoms with Crippen LogP contribution in [-0.4, -0.2) is 25.4 Å². The van der Waals surface area contributed by atoms with Crippen molar-refractivity contribution < 1.29 is 13.3 Å². The Labute approximate surface area is 132 Å². The Balaban J connectivity index is 2.61. The molecular formula is C13H12ClN3O4S. The maximum absolute atomic E-state index is 12.7. The average molecular weight is 342 g/mol. The van der Waals surface area contributed by atoms with Crippen molar-refractivity contribution in [1.82, 2.24) is 4.98 Å². The molecule has 0 aliphatic heterocycles. The van der Waals surface area contributed by atoms with Crippen LogP contribution in [0.15, 0.2) is 41.4 Å². The molecule has 0 atom stereocenters. The summed E-state index contributed by atoms with van der Waals surface area (Å²) in [6, 6.07) is 6.91. The topological polar surface area (TPSA) is 93.4 Å². The number of hydrogen-bond acceptors (Lipinski definition) is 5. The van der Waals surface area contributed by atoms with Crippen LogP contribution in [0, 0.1) is 17.0 Å². The molecule has 2 aromatic rings. The Morgan fingerprint density at radius 2 is 2.00 bits per heavy atom. The van der Waals surface area contributed by atoms with Crippen LogP contribution in [0.5, 0.6) is 0 Å². The van der Waals surface area contributed by atoms with Crippen molar-refractivity contribution in [2.75, 3.05) is 11.4 Å². The smallest absolute Gasteiger partial charge is 0.266 e. The summed E-state index contributed by atoms with van der Waals surface area (Å²) in [5.41, 5.74) is 0.249. The number of aryl methyl sites for hydroxylation is 1. The number of sulfonamides is 1. The number of aromatic nitrogens is 1. The molecule has 22 heavy (non-hydrogen) atoms. The first kappa shape index (κ1) is 16.2. The summed E-state index contributed by atoms with van der Waals surface area (Å²) in [6.45, 7) is 1.64. The molecular weight excluding hydrogens is 330 g/mol. The molecule has 0 fully saturated rings. The van der Waals surface area contributed by atoms with Crippen LogP contribution in [0.3, 0.4) is 0 Å². The molecule has 0 amide bonds. The Hall–Kier alpha value is -2.19. The van der Waals surface area contributed by atoms with E-state index >= 15 is 0 Å². The van der Waals surface area contributed by atoms with Gasteiger partial charge in [-0.15, -0.1) is 0 Å². The normalized spacial score (nSPS) is 11.2. The molecule has 0 N–H and O–H groups in total. The molecule has 0 radical (unpaired) electrons. The number of halogens is 1. The number of rotatable bonds is 4. The van der Waals surface area contributed by atoms with Gasteiger partial charge in [-0.1, -0.05) is 17.7 Å². The summed E-state index contributed by atoms with van der Waals surface area (Å²) >= 11 is 5.89. The summed E-state index contributed by atoms with van der Waals surface area (Å²) in [5, 5.41) is 11.1. The number of nitro benzene ring substituents is 1. The van der Waals surface area contributed by atoms with E-state index in [0.717, 1.165) is 4.31 Å². The van der Waals surface area contributed by atoms with Crippen LogP contribution in [0.25, 0.3) is 0 Å². The summed E-state index contributed by atoms with van der Waals surface area (Å²) in [6.07, 6.45) is 1.42. The first-order chi connectivity index (χ1) is 10.2. The average Bonchev–Trinajstić information content (AvgIpc) is 2.46. The summed E-state index contributed by atoms with van der Waals surface area (Å²) < 4.78 is 26.2. The molecule has 1 heterocycles. The van der Waals surface area contributed by atoms with Gasteiger partial charge in [0.15, 0.2) is 10.0 Å². The van der Waals surface area contributed by atoms with Crippen LogP contribution in [0.2, 0.25) is 5.15 Å². The second kappa shape index (κ2) is 5.90. The van der Waals surface area contributed by atoms with E-state index in [0.29, 0.717) is 5.56 Å². The van der Waals surface area contributed by atoms with E-state index in [1.807, 2.05) is 0 Å². The van der Waals surface area contributed by atoms with Gasteiger partial charge in [-0.25, -0.2) is 13.4 Å². The van der Waals surface area contributed by atoms with Crippen LogP contribution in [0.1, 0.15) is 5.56 Å². The zero-order valence-electron chi connectivity index (χ0n) is 11.7. The summed E-state index contributed by atoms with van der Waals surface area (Å²) in [5.74, 6) is 0. The molecule has 0 spiro atoms. The lowest BCUT2D eigenvalue weighted by atomic mass is 10.2. The predicted octanol–water partition coefficient (Wildman–Crippen LogP) is 2.78. The van der Waals surface area contributed by atoms with Gasteiger partial charge in [0.05, 0.1) is 10.6 Å². The first-order valence-electron chi connectivity index (χ1n) is 6.09. The van der Waals surface area contributed by atoms with Gasteiger partial charge in [-0.05, 0) is 30.7 Å². The van der Waals surface area contributed by atoms with Crippen LogP contribution < -0.4 is 4.31 Å². The molecule has 0 bridgehead atoms. The minimum Gasteiger partial charge on any atom is -0.266 e. The zero-order chi connectivity index (χ0) is 16.5. The van der Waals surface area contributed by atoms with Crippen LogP contribution in [0.4, 0.5) is 11.4 Å². The van der Waals surface area contributed by atoms with Crippen molar-refractivity contribution in [1.29, 1.82) is 0 Å². The molecule has 0 aliphatic carbocycles. The first-order valence-corrected chi connectivity index (χ1v) is 7.91. The lowest BCUT2D eigenvalue weighted by Crippen LogP contribution is -2.27. The largest absolute Gasteiger partial charge is 0.290 e. The Bertz CT molecular complexity index is 839. The fourth-order valence-corrected chi connectivity index (χ4v) is 3.51. The third-order valence-corrected chi connectivity index (χ3v) is 5.14. The molecule has 1 aromatic carbocycles. The minimum atomic E-state index is -4.14. The molecule has 0 saturated carbocycles. The molecule has 0 saturated heterocycles. The van der Waals surface area contributed by atoms with Crippen molar-refractivity contribution >= 4 is 33.0 Å². The molecule has 116 valence electrons. The van der Waals surface area contributed by atoms with Gasteiger partial charge in [0.2, 0.25) is 0 Å². The third kappa shape index (κ3) is 2.88. The number of nitrogens with zero attached hydrogens (tertiary/aromatic N) is 3. The maximum atomic E-state index is 12.7. The van der Waals surface area contributed by atoms with Gasteiger partial charge in [0.1, 0.15) is 0 Å². The number of nitro groups is 1. The Morgan fingerprint density at radius 1 is 1.32 bits per heavy atom. The number of benzene rings is 1. The fourth-order valence-electron chi connectivity index (χ4n) is 1.88. The van der Waals surface area contributed by atoms with Gasteiger partial charge in [0.25, 0.3) is 15.7 Å². The Kier molecular flexibility index (Phi) is 4.34. The highest BCUT2D eigenvalue weighted by atomic mass is 35.5. The Morgan fingerprint density at radius 3 is 2.59 bits per heavy atom. The molecule has 0 aliphatic rings. The van der Waals surface area contributed by atoms with Gasteiger partial charge in [-0.3, -0.25) is 14.4 Å². The van der Waals surface area contributed by atoms with Crippen molar-refractivity contribution in [2.45, 2.75) is 11.8 Å². The van der Waals surface area contributed by atoms with E-state index in [1.54, 1.807) is 6.92 Å². The van der Waals surface area contributed by atoms with E-state index in [9.17, 15) is 18.5 Å². The van der Waals surface area contributed by atoms with Crippen molar-refractivity contribution in [3.05, 3.63) is 57.4 Å². The fraction of sp³-hybridized carbons (Fsp3) is 0.154. The quantitative estimate of drug-likeness (QED) is 0.484. The van der Waals surface area contributed by atoms with Crippen molar-refractivity contribution in [3.8, 4) is 0 Å². The standard InChI is InChI=1S/C13H12ClN3O4S/c1-9-5-6-12(11(8-9)17(18)19)22(20,21)16(2)10-4-3-7-15-13(10)14/h3-8H,1-2H3. The third-order valence-electron chi connectivity index (χ3n) is 3.03. The number of anilines is 1. The van der Waals surface area contributed by atoms with E-state index in [-0.39, 0.29) is 10.8 Å².